The first kappa shape index (κ1) is 22.4. The summed E-state index contributed by atoms with van der Waals surface area (Å²) in [6.07, 6.45) is 2.41. The molecule has 1 saturated heterocycles. The van der Waals surface area contributed by atoms with E-state index in [-0.39, 0.29) is 18.4 Å². The Hall–Kier alpha value is -1.94. The van der Waals surface area contributed by atoms with Gasteiger partial charge >= 0.3 is 5.69 Å². The van der Waals surface area contributed by atoms with Gasteiger partial charge in [-0.15, -0.1) is 12.4 Å². The minimum Gasteiger partial charge on any atom is -0.302 e. The molecule has 0 spiro atoms. The van der Waals surface area contributed by atoms with Crippen molar-refractivity contribution in [1.82, 2.24) is 18.8 Å². The fourth-order valence-electron chi connectivity index (χ4n) is 3.29. The average molecular weight is 429 g/mol. The topological polar surface area (TPSA) is 93.4 Å². The molecule has 0 bridgehead atoms. The van der Waals surface area contributed by atoms with E-state index in [1.807, 2.05) is 18.2 Å². The molecule has 1 aromatic carbocycles. The van der Waals surface area contributed by atoms with Gasteiger partial charge in [0.05, 0.1) is 0 Å². The summed E-state index contributed by atoms with van der Waals surface area (Å²) < 4.78 is 29.8. The molecule has 0 atom stereocenters. The van der Waals surface area contributed by atoms with Crippen molar-refractivity contribution in [3.63, 3.8) is 0 Å². The summed E-state index contributed by atoms with van der Waals surface area (Å²) in [4.78, 5) is 25.8. The summed E-state index contributed by atoms with van der Waals surface area (Å²) >= 11 is 0. The third kappa shape index (κ3) is 4.91. The largest absolute Gasteiger partial charge is 0.330 e. The highest BCUT2D eigenvalue weighted by Gasteiger charge is 2.27. The van der Waals surface area contributed by atoms with Crippen LogP contribution in [0, 0.1) is 0 Å². The van der Waals surface area contributed by atoms with Crippen molar-refractivity contribution in [3.05, 3.63) is 62.9 Å². The minimum atomic E-state index is -3.99. The number of benzene rings is 1. The number of nitrogens with zero attached hydrogens (tertiary/aromatic N) is 3. The molecule has 0 radical (unpaired) electrons. The van der Waals surface area contributed by atoms with E-state index in [2.05, 4.69) is 21.8 Å². The zero-order valence-corrected chi connectivity index (χ0v) is 17.5. The Morgan fingerprint density at radius 1 is 1.07 bits per heavy atom. The van der Waals surface area contributed by atoms with Crippen LogP contribution in [0.25, 0.3) is 0 Å². The van der Waals surface area contributed by atoms with Crippen molar-refractivity contribution < 1.29 is 8.42 Å². The van der Waals surface area contributed by atoms with Gasteiger partial charge in [-0.3, -0.25) is 14.3 Å². The smallest absolute Gasteiger partial charge is 0.302 e. The first-order valence-corrected chi connectivity index (χ1v) is 10.3. The van der Waals surface area contributed by atoms with Crippen molar-refractivity contribution in [2.24, 2.45) is 14.1 Å². The molecule has 0 amide bonds. The van der Waals surface area contributed by atoms with E-state index >= 15 is 0 Å². The zero-order valence-electron chi connectivity index (χ0n) is 15.9. The Bertz CT molecular complexity index is 1030. The number of aromatic nitrogens is 2. The van der Waals surface area contributed by atoms with Crippen LogP contribution >= 0.6 is 12.4 Å². The monoisotopic (exact) mass is 428 g/mol. The molecule has 0 unspecified atom stereocenters. The maximum absolute atomic E-state index is 12.7. The second-order valence-electron chi connectivity index (χ2n) is 6.91. The molecule has 8 nitrogen and oxygen atoms in total. The van der Waals surface area contributed by atoms with E-state index in [1.54, 1.807) is 0 Å². The first-order valence-electron chi connectivity index (χ1n) is 8.83. The van der Waals surface area contributed by atoms with E-state index in [1.165, 1.54) is 19.7 Å². The third-order valence-corrected chi connectivity index (χ3v) is 6.37. The summed E-state index contributed by atoms with van der Waals surface area (Å²) in [5.74, 6) is 0. The highest BCUT2D eigenvalue weighted by atomic mass is 35.5. The summed E-state index contributed by atoms with van der Waals surface area (Å²) in [7, 11) is -1.30. The molecule has 0 saturated carbocycles. The second-order valence-corrected chi connectivity index (χ2v) is 8.59. The fourth-order valence-corrected chi connectivity index (χ4v) is 4.76. The Morgan fingerprint density at radius 2 is 1.68 bits per heavy atom. The van der Waals surface area contributed by atoms with Crippen LogP contribution in [-0.4, -0.2) is 41.6 Å². The fraction of sp³-hybridized carbons (Fsp3) is 0.444. The molecule has 1 N–H and O–H groups in total. The summed E-state index contributed by atoms with van der Waals surface area (Å²) in [6.45, 7) is 2.38. The van der Waals surface area contributed by atoms with E-state index < -0.39 is 26.2 Å². The number of aryl methyl sites for hydroxylation is 1. The zero-order chi connectivity index (χ0) is 19.6. The van der Waals surface area contributed by atoms with Crippen LogP contribution < -0.4 is 16.0 Å². The SMILES string of the molecule is Cl.Cn1cc(S(=O)(=O)NC2CCN(Cc3ccccc3)CC2)c(=O)n(C)c1=O. The molecule has 1 aliphatic rings. The Balaban J connectivity index is 0.00000280. The number of sulfonamides is 1. The number of nitrogens with one attached hydrogen (secondary N) is 1. The summed E-state index contributed by atoms with van der Waals surface area (Å²) in [5.41, 5.74) is -0.148. The third-order valence-electron chi connectivity index (χ3n) is 4.86. The molecular weight excluding hydrogens is 404 g/mol. The van der Waals surface area contributed by atoms with Gasteiger partial charge in [-0.25, -0.2) is 17.9 Å². The van der Waals surface area contributed by atoms with Gasteiger partial charge in [-0.2, -0.15) is 0 Å². The molecule has 3 rings (SSSR count). The molecule has 1 aliphatic heterocycles. The van der Waals surface area contributed by atoms with Crippen molar-refractivity contribution in [1.29, 1.82) is 0 Å². The van der Waals surface area contributed by atoms with Gasteiger partial charge in [0.15, 0.2) is 4.90 Å². The Kier molecular flexibility index (Phi) is 7.22. The first-order chi connectivity index (χ1) is 12.8. The van der Waals surface area contributed by atoms with Crippen LogP contribution in [0.1, 0.15) is 18.4 Å². The van der Waals surface area contributed by atoms with Crippen molar-refractivity contribution in [2.45, 2.75) is 30.3 Å². The molecule has 2 heterocycles. The maximum atomic E-state index is 12.7. The quantitative estimate of drug-likeness (QED) is 0.746. The lowest BCUT2D eigenvalue weighted by molar-refractivity contribution is 0.200. The van der Waals surface area contributed by atoms with Gasteiger partial charge in [-0.1, -0.05) is 30.3 Å². The lowest BCUT2D eigenvalue weighted by Crippen LogP contribution is -2.47. The Morgan fingerprint density at radius 3 is 2.29 bits per heavy atom. The molecule has 10 heteroatoms. The molecule has 2 aromatic rings. The molecule has 0 aliphatic carbocycles. The van der Waals surface area contributed by atoms with Gasteiger partial charge in [0, 0.05) is 46.0 Å². The van der Waals surface area contributed by atoms with Crippen LogP contribution in [0.4, 0.5) is 0 Å². The minimum absolute atomic E-state index is 0. The number of likely N-dealkylation sites (tertiary alicyclic amines) is 1. The number of hydrogen-bond donors (Lipinski definition) is 1. The van der Waals surface area contributed by atoms with Crippen molar-refractivity contribution in [3.8, 4) is 0 Å². The van der Waals surface area contributed by atoms with E-state index in [4.69, 9.17) is 0 Å². The van der Waals surface area contributed by atoms with Crippen LogP contribution in [-0.2, 0) is 30.7 Å². The van der Waals surface area contributed by atoms with E-state index in [0.717, 1.165) is 35.0 Å². The lowest BCUT2D eigenvalue weighted by Gasteiger charge is -2.32. The van der Waals surface area contributed by atoms with Crippen molar-refractivity contribution in [2.75, 3.05) is 13.1 Å². The van der Waals surface area contributed by atoms with Gasteiger partial charge in [0.2, 0.25) is 10.0 Å². The molecule has 1 aromatic heterocycles. The summed E-state index contributed by atoms with van der Waals surface area (Å²) in [5, 5.41) is 0. The van der Waals surface area contributed by atoms with Gasteiger partial charge in [0.25, 0.3) is 5.56 Å². The van der Waals surface area contributed by atoms with E-state index in [9.17, 15) is 18.0 Å². The lowest BCUT2D eigenvalue weighted by atomic mass is 10.1. The maximum Gasteiger partial charge on any atom is 0.330 e. The number of halogens is 1. The number of hydrogen-bond acceptors (Lipinski definition) is 5. The number of piperidine rings is 1. The van der Waals surface area contributed by atoms with Crippen molar-refractivity contribution >= 4 is 22.4 Å². The van der Waals surface area contributed by atoms with Gasteiger partial charge in [0.1, 0.15) is 0 Å². The molecule has 154 valence electrons. The summed E-state index contributed by atoms with van der Waals surface area (Å²) in [6, 6.07) is 9.90. The van der Waals surface area contributed by atoms with Gasteiger partial charge < -0.3 is 4.57 Å². The normalized spacial score (nSPS) is 15.9. The second kappa shape index (κ2) is 9.04. The van der Waals surface area contributed by atoms with Crippen LogP contribution in [0.15, 0.2) is 51.0 Å². The number of rotatable bonds is 5. The molecule has 1 fully saturated rings. The predicted octanol–water partition coefficient (Wildman–Crippen LogP) is 0.449. The predicted molar refractivity (Wildman–Crippen MR) is 109 cm³/mol. The average Bonchev–Trinajstić information content (AvgIpc) is 2.65. The van der Waals surface area contributed by atoms with Crippen LogP contribution in [0.3, 0.4) is 0 Å². The highest BCUT2D eigenvalue weighted by molar-refractivity contribution is 7.89. The van der Waals surface area contributed by atoms with Gasteiger partial charge in [-0.05, 0) is 18.4 Å². The molecular formula is C18H25ClN4O4S. The standard InChI is InChI=1S/C18H24N4O4S.ClH/c1-20-13-16(17(23)21(2)18(20)24)27(25,26)19-15-8-10-22(11-9-15)12-14-6-4-3-5-7-14;/h3-7,13,15,19H,8-12H2,1-2H3;1H. The molecule has 28 heavy (non-hydrogen) atoms. The van der Waals surface area contributed by atoms with Crippen LogP contribution in [0.5, 0.6) is 0 Å². The van der Waals surface area contributed by atoms with Crippen LogP contribution in [0.2, 0.25) is 0 Å². The Labute approximate surface area is 170 Å². The van der Waals surface area contributed by atoms with E-state index in [0.29, 0.717) is 12.8 Å². The highest BCUT2D eigenvalue weighted by Crippen LogP contribution is 2.15.